The summed E-state index contributed by atoms with van der Waals surface area (Å²) < 4.78 is 5.57. The average Bonchev–Trinajstić information content (AvgIpc) is 3.11. The van der Waals surface area contributed by atoms with Gasteiger partial charge in [0.25, 0.3) is 11.8 Å². The Morgan fingerprint density at radius 2 is 1.93 bits per heavy atom. The molecule has 1 aromatic heterocycles. The Balaban J connectivity index is 2.24. The molecule has 148 valence electrons. The number of amides is 2. The Morgan fingerprint density at radius 1 is 1.21 bits per heavy atom. The lowest BCUT2D eigenvalue weighted by molar-refractivity contribution is -0.141. The number of carbonyl (C=O) groups excluding carboxylic acids is 2. The van der Waals surface area contributed by atoms with E-state index in [1.54, 1.807) is 30.3 Å². The van der Waals surface area contributed by atoms with Crippen molar-refractivity contribution in [3.8, 4) is 0 Å². The van der Waals surface area contributed by atoms with Crippen LogP contribution in [0.4, 0.5) is 0 Å². The number of halogens is 1. The highest BCUT2D eigenvalue weighted by Gasteiger charge is 2.23. The fourth-order valence-electron chi connectivity index (χ4n) is 2.22. The molecular formula is C19H19BrN2O5S. The van der Waals surface area contributed by atoms with Gasteiger partial charge in [-0.2, -0.15) is 11.8 Å². The molecule has 0 aliphatic heterocycles. The van der Waals surface area contributed by atoms with Gasteiger partial charge in [-0.3, -0.25) is 9.59 Å². The Labute approximate surface area is 174 Å². The van der Waals surface area contributed by atoms with Gasteiger partial charge in [-0.05, 0) is 58.1 Å². The van der Waals surface area contributed by atoms with Crippen LogP contribution in [0, 0.1) is 0 Å². The van der Waals surface area contributed by atoms with Crippen LogP contribution in [0.25, 0.3) is 6.08 Å². The number of hydrogen-bond donors (Lipinski definition) is 3. The number of carbonyl (C=O) groups is 3. The van der Waals surface area contributed by atoms with Crippen molar-refractivity contribution in [2.45, 2.75) is 12.5 Å². The first-order chi connectivity index (χ1) is 13.4. The van der Waals surface area contributed by atoms with Gasteiger partial charge in [0.05, 0.1) is 0 Å². The third kappa shape index (κ3) is 6.58. The summed E-state index contributed by atoms with van der Waals surface area (Å²) in [7, 11) is 0. The van der Waals surface area contributed by atoms with Gasteiger partial charge in [0.15, 0.2) is 10.4 Å². The summed E-state index contributed by atoms with van der Waals surface area (Å²) >= 11 is 4.59. The van der Waals surface area contributed by atoms with Crippen LogP contribution in [-0.2, 0) is 9.59 Å². The number of thioether (sulfide) groups is 1. The van der Waals surface area contributed by atoms with E-state index in [1.165, 1.54) is 23.9 Å². The number of furan rings is 1. The molecule has 2 amide bonds. The Morgan fingerprint density at radius 3 is 2.50 bits per heavy atom. The van der Waals surface area contributed by atoms with Crippen molar-refractivity contribution >= 4 is 51.6 Å². The highest BCUT2D eigenvalue weighted by Crippen LogP contribution is 2.15. The number of aliphatic carboxylic acids is 1. The van der Waals surface area contributed by atoms with Crippen molar-refractivity contribution in [3.05, 3.63) is 64.2 Å². The molecule has 0 aliphatic carbocycles. The summed E-state index contributed by atoms with van der Waals surface area (Å²) in [5.41, 5.74) is 0.587. The van der Waals surface area contributed by atoms with Crippen LogP contribution in [0.5, 0.6) is 0 Å². The van der Waals surface area contributed by atoms with Crippen molar-refractivity contribution in [1.29, 1.82) is 0 Å². The molecule has 0 saturated heterocycles. The Kier molecular flexibility index (Phi) is 8.34. The van der Waals surface area contributed by atoms with Gasteiger partial charge in [-0.15, -0.1) is 0 Å². The van der Waals surface area contributed by atoms with E-state index in [-0.39, 0.29) is 17.9 Å². The summed E-state index contributed by atoms with van der Waals surface area (Å²) in [4.78, 5) is 36.5. The lowest BCUT2D eigenvalue weighted by Gasteiger charge is -2.16. The van der Waals surface area contributed by atoms with Crippen molar-refractivity contribution in [2.24, 2.45) is 0 Å². The maximum Gasteiger partial charge on any atom is 0.326 e. The van der Waals surface area contributed by atoms with Gasteiger partial charge < -0.3 is 20.2 Å². The van der Waals surface area contributed by atoms with Crippen LogP contribution < -0.4 is 10.6 Å². The topological polar surface area (TPSA) is 109 Å². The second-order valence-electron chi connectivity index (χ2n) is 5.67. The zero-order valence-corrected chi connectivity index (χ0v) is 17.4. The average molecular weight is 467 g/mol. The second-order valence-corrected chi connectivity index (χ2v) is 7.44. The van der Waals surface area contributed by atoms with Gasteiger partial charge in [-0.25, -0.2) is 4.79 Å². The first kappa shape index (κ1) is 21.8. The zero-order valence-electron chi connectivity index (χ0n) is 15.0. The van der Waals surface area contributed by atoms with E-state index in [0.717, 1.165) is 0 Å². The van der Waals surface area contributed by atoms with E-state index in [1.807, 2.05) is 12.3 Å². The highest BCUT2D eigenvalue weighted by atomic mass is 79.9. The lowest BCUT2D eigenvalue weighted by Crippen LogP contribution is -2.44. The maximum atomic E-state index is 12.7. The molecule has 0 fully saturated rings. The van der Waals surface area contributed by atoms with Crippen LogP contribution in [0.15, 0.2) is 57.2 Å². The van der Waals surface area contributed by atoms with Crippen molar-refractivity contribution in [3.63, 3.8) is 0 Å². The molecule has 2 aromatic rings. The Hall–Kier alpha value is -2.52. The summed E-state index contributed by atoms with van der Waals surface area (Å²) in [6.07, 6.45) is 3.59. The molecule has 1 atom stereocenters. The minimum atomic E-state index is -1.14. The van der Waals surface area contributed by atoms with E-state index in [0.29, 0.717) is 16.0 Å². The van der Waals surface area contributed by atoms with Gasteiger partial charge in [-0.1, -0.05) is 30.3 Å². The molecule has 7 nitrogen and oxygen atoms in total. The largest absolute Gasteiger partial charge is 0.480 e. The van der Waals surface area contributed by atoms with Gasteiger partial charge in [0, 0.05) is 0 Å². The first-order valence-electron chi connectivity index (χ1n) is 8.26. The molecular weight excluding hydrogens is 448 g/mol. The van der Waals surface area contributed by atoms with Crippen molar-refractivity contribution < 1.29 is 23.9 Å². The summed E-state index contributed by atoms with van der Waals surface area (Å²) in [5, 5.41) is 14.3. The third-order valence-electron chi connectivity index (χ3n) is 3.61. The van der Waals surface area contributed by atoms with E-state index >= 15 is 0 Å². The number of benzene rings is 1. The smallest absolute Gasteiger partial charge is 0.326 e. The molecule has 3 N–H and O–H groups in total. The second kappa shape index (κ2) is 10.7. The molecule has 0 spiro atoms. The van der Waals surface area contributed by atoms with Crippen LogP contribution in [0.1, 0.15) is 22.5 Å². The summed E-state index contributed by atoms with van der Waals surface area (Å²) in [6, 6.07) is 10.8. The van der Waals surface area contributed by atoms with Crippen molar-refractivity contribution in [2.75, 3.05) is 12.0 Å². The monoisotopic (exact) mass is 466 g/mol. The molecule has 0 radical (unpaired) electrons. The van der Waals surface area contributed by atoms with Crippen LogP contribution >= 0.6 is 27.7 Å². The fraction of sp³-hybridized carbons (Fsp3) is 0.211. The van der Waals surface area contributed by atoms with Gasteiger partial charge >= 0.3 is 5.97 Å². The molecule has 1 heterocycles. The van der Waals surface area contributed by atoms with Crippen LogP contribution in [0.2, 0.25) is 0 Å². The minimum Gasteiger partial charge on any atom is -0.480 e. The lowest BCUT2D eigenvalue weighted by atomic mass is 10.1. The predicted molar refractivity (Wildman–Crippen MR) is 111 cm³/mol. The molecule has 2 rings (SSSR count). The van der Waals surface area contributed by atoms with Gasteiger partial charge in [0.1, 0.15) is 11.7 Å². The van der Waals surface area contributed by atoms with E-state index < -0.39 is 23.8 Å². The molecule has 9 heteroatoms. The third-order valence-corrected chi connectivity index (χ3v) is 4.68. The Bertz CT molecular complexity index is 866. The number of nitrogens with one attached hydrogen (secondary N) is 2. The number of hydrogen-bond acceptors (Lipinski definition) is 5. The maximum absolute atomic E-state index is 12.7. The number of carboxylic acids is 1. The summed E-state index contributed by atoms with van der Waals surface area (Å²) in [5.74, 6) is -1.88. The molecule has 1 aromatic carbocycles. The minimum absolute atomic E-state index is 0.0100. The normalized spacial score (nSPS) is 12.3. The molecule has 0 bridgehead atoms. The molecule has 28 heavy (non-hydrogen) atoms. The molecule has 0 saturated carbocycles. The number of rotatable bonds is 9. The molecule has 0 aliphatic rings. The van der Waals surface area contributed by atoms with Crippen LogP contribution in [-0.4, -0.2) is 40.9 Å². The van der Waals surface area contributed by atoms with E-state index in [9.17, 15) is 19.5 Å². The van der Waals surface area contributed by atoms with Gasteiger partial charge in [0.2, 0.25) is 0 Å². The predicted octanol–water partition coefficient (Wildman–Crippen LogP) is 3.14. The fourth-order valence-corrected chi connectivity index (χ4v) is 3.00. The van der Waals surface area contributed by atoms with Crippen LogP contribution in [0.3, 0.4) is 0 Å². The van der Waals surface area contributed by atoms with E-state index in [4.69, 9.17) is 4.42 Å². The first-order valence-corrected chi connectivity index (χ1v) is 10.5. The molecule has 1 unspecified atom stereocenters. The SMILES string of the molecule is CSCCC(NC(=O)/C(=C\c1ccccc1)NC(=O)c1ccc(Br)o1)C(=O)O. The standard InChI is InChI=1S/C19H19BrN2O5S/c1-28-10-9-13(19(25)26)21-17(23)14(11-12-5-3-2-4-6-12)22-18(24)15-7-8-16(20)27-15/h2-8,11,13H,9-10H2,1H3,(H,21,23)(H,22,24)(H,25,26)/b14-11+. The van der Waals surface area contributed by atoms with E-state index in [2.05, 4.69) is 26.6 Å². The zero-order chi connectivity index (χ0) is 20.5. The summed E-state index contributed by atoms with van der Waals surface area (Å²) in [6.45, 7) is 0. The van der Waals surface area contributed by atoms with Crippen molar-refractivity contribution in [1.82, 2.24) is 10.6 Å². The number of carboxylic acid groups (broad SMARTS) is 1. The highest BCUT2D eigenvalue weighted by molar-refractivity contribution is 9.10. The quantitative estimate of drug-likeness (QED) is 0.489.